The molecule has 38 heavy (non-hydrogen) atoms. The van der Waals surface area contributed by atoms with Crippen molar-refractivity contribution >= 4 is 34.0 Å². The number of ether oxygens (including phenoxy) is 3. The van der Waals surface area contributed by atoms with Gasteiger partial charge in [0.05, 0.1) is 19.8 Å². The Morgan fingerprint density at radius 1 is 1.08 bits per heavy atom. The molecule has 0 fully saturated rings. The van der Waals surface area contributed by atoms with Crippen LogP contribution in [-0.4, -0.2) is 42.6 Å². The Hall–Kier alpha value is -4.66. The lowest BCUT2D eigenvalue weighted by Crippen LogP contribution is -2.47. The summed E-state index contributed by atoms with van der Waals surface area (Å²) >= 11 is 0. The van der Waals surface area contributed by atoms with Crippen molar-refractivity contribution in [3.8, 4) is 23.0 Å². The highest BCUT2D eigenvalue weighted by Crippen LogP contribution is 2.56. The molecule has 1 amide bonds. The Kier molecular flexibility index (Phi) is 5.94. The third-order valence-electron chi connectivity index (χ3n) is 7.24. The molecule has 0 bridgehead atoms. The number of allylic oxidation sites excluding steroid dienone is 2. The second-order valence-electron chi connectivity index (χ2n) is 9.37. The first-order valence-electron chi connectivity index (χ1n) is 11.9. The van der Waals surface area contributed by atoms with Gasteiger partial charge in [-0.2, -0.15) is 0 Å². The van der Waals surface area contributed by atoms with Crippen LogP contribution in [0.3, 0.4) is 0 Å². The molecule has 9 heteroatoms. The summed E-state index contributed by atoms with van der Waals surface area (Å²) < 4.78 is 16.8. The molecule has 0 aromatic heterocycles. The lowest BCUT2D eigenvalue weighted by atomic mass is 9.67. The number of fused-ring (bicyclic) bond motifs is 4. The number of amides is 1. The van der Waals surface area contributed by atoms with Crippen LogP contribution >= 0.6 is 0 Å². The first kappa shape index (κ1) is 25.0. The number of Topliss-reactive ketones (excluding diaryl/α,β-unsaturated/α-hetero) is 2. The molecular formula is C29H25NO8. The lowest BCUT2D eigenvalue weighted by Gasteiger charge is -2.30. The van der Waals surface area contributed by atoms with E-state index in [1.54, 1.807) is 7.11 Å². The molecule has 1 aliphatic carbocycles. The normalized spacial score (nSPS) is 19.8. The van der Waals surface area contributed by atoms with Gasteiger partial charge in [0.2, 0.25) is 0 Å². The minimum Gasteiger partial charge on any atom is -0.507 e. The molecule has 0 radical (unpaired) electrons. The van der Waals surface area contributed by atoms with E-state index in [1.807, 2.05) is 36.4 Å². The van der Waals surface area contributed by atoms with Gasteiger partial charge in [-0.1, -0.05) is 30.3 Å². The zero-order chi connectivity index (χ0) is 27.4. The van der Waals surface area contributed by atoms with E-state index in [0.29, 0.717) is 5.75 Å². The highest BCUT2D eigenvalue weighted by molar-refractivity contribution is 6.27. The summed E-state index contributed by atoms with van der Waals surface area (Å²) in [5.74, 6) is -4.09. The standard InChI is InChI=1S/C29H25NO8/c1-14(31)23-18(32)12-22-29(2,27(23)34)25-19(33)11-21(37-4)24(26(25)38-22)28(35)30-13-17-16-8-6-5-7-15(16)9-10-20(17)36-3/h5-12,23,33H,13H2,1-4H3,(H,30,35)/t23?,29-/m1/s1. The van der Waals surface area contributed by atoms with Crippen LogP contribution in [0.4, 0.5) is 0 Å². The van der Waals surface area contributed by atoms with Crippen LogP contribution in [0.25, 0.3) is 10.8 Å². The number of rotatable bonds is 6. The second kappa shape index (κ2) is 9.02. The monoisotopic (exact) mass is 515 g/mol. The number of methoxy groups -OCH3 is 2. The summed E-state index contributed by atoms with van der Waals surface area (Å²) in [4.78, 5) is 51.7. The van der Waals surface area contributed by atoms with E-state index in [9.17, 15) is 24.3 Å². The molecule has 2 N–H and O–H groups in total. The van der Waals surface area contributed by atoms with Crippen molar-refractivity contribution in [3.63, 3.8) is 0 Å². The predicted octanol–water partition coefficient (Wildman–Crippen LogP) is 3.38. The van der Waals surface area contributed by atoms with E-state index in [-0.39, 0.29) is 40.7 Å². The minimum absolute atomic E-state index is 0.00110. The Morgan fingerprint density at radius 2 is 1.79 bits per heavy atom. The van der Waals surface area contributed by atoms with Gasteiger partial charge >= 0.3 is 0 Å². The molecular weight excluding hydrogens is 490 g/mol. The van der Waals surface area contributed by atoms with Crippen LogP contribution in [0.15, 0.2) is 54.3 Å². The van der Waals surface area contributed by atoms with Crippen LogP contribution in [-0.2, 0) is 26.3 Å². The third-order valence-corrected chi connectivity index (χ3v) is 7.24. The van der Waals surface area contributed by atoms with Gasteiger partial charge in [-0.25, -0.2) is 0 Å². The van der Waals surface area contributed by atoms with Gasteiger partial charge in [-0.3, -0.25) is 19.2 Å². The van der Waals surface area contributed by atoms with Crippen molar-refractivity contribution in [1.82, 2.24) is 5.32 Å². The maximum Gasteiger partial charge on any atom is 0.259 e. The fourth-order valence-corrected chi connectivity index (χ4v) is 5.30. The number of carbonyl (C=O) groups is 4. The fourth-order valence-electron chi connectivity index (χ4n) is 5.30. The molecule has 2 aliphatic rings. The van der Waals surface area contributed by atoms with Gasteiger partial charge in [0.15, 0.2) is 17.3 Å². The summed E-state index contributed by atoms with van der Waals surface area (Å²) in [5, 5.41) is 15.6. The summed E-state index contributed by atoms with van der Waals surface area (Å²) in [6, 6.07) is 12.6. The third kappa shape index (κ3) is 3.53. The number of benzene rings is 3. The molecule has 1 heterocycles. The first-order valence-corrected chi connectivity index (χ1v) is 11.9. The van der Waals surface area contributed by atoms with Crippen molar-refractivity contribution < 1.29 is 38.5 Å². The number of nitrogens with one attached hydrogen (secondary N) is 1. The average Bonchev–Trinajstić information content (AvgIpc) is 3.20. The highest BCUT2D eigenvalue weighted by atomic mass is 16.5. The summed E-state index contributed by atoms with van der Waals surface area (Å²) in [6.45, 7) is 2.71. The number of phenols is 1. The quantitative estimate of drug-likeness (QED) is 0.478. The van der Waals surface area contributed by atoms with Gasteiger partial charge in [0.25, 0.3) is 5.91 Å². The number of aromatic hydroxyl groups is 1. The Labute approximate surface area is 218 Å². The minimum atomic E-state index is -1.64. The van der Waals surface area contributed by atoms with E-state index in [1.165, 1.54) is 20.1 Å². The molecule has 1 unspecified atom stereocenters. The van der Waals surface area contributed by atoms with Gasteiger partial charge in [-0.05, 0) is 30.7 Å². The molecule has 2 atom stereocenters. The van der Waals surface area contributed by atoms with E-state index >= 15 is 0 Å². The van der Waals surface area contributed by atoms with Gasteiger partial charge in [0.1, 0.15) is 45.7 Å². The number of carbonyl (C=O) groups excluding carboxylic acids is 4. The van der Waals surface area contributed by atoms with Crippen molar-refractivity contribution in [2.45, 2.75) is 25.8 Å². The SMILES string of the molecule is COc1cc(O)c2c(c1C(=O)NCc1c(OC)ccc3ccccc13)OC1=CC(=O)C(C(C)=O)C(=O)[C@]12C. The van der Waals surface area contributed by atoms with E-state index in [0.717, 1.165) is 29.3 Å². The first-order chi connectivity index (χ1) is 18.1. The summed E-state index contributed by atoms with van der Waals surface area (Å²) in [6.07, 6.45) is 1.09. The second-order valence-corrected chi connectivity index (χ2v) is 9.37. The Morgan fingerprint density at radius 3 is 2.47 bits per heavy atom. The van der Waals surface area contributed by atoms with Crippen molar-refractivity contribution in [1.29, 1.82) is 0 Å². The molecule has 0 spiro atoms. The molecule has 3 aromatic carbocycles. The largest absolute Gasteiger partial charge is 0.507 e. The fraction of sp³-hybridized carbons (Fsp3) is 0.241. The summed E-state index contributed by atoms with van der Waals surface area (Å²) in [5.41, 5.74) is -0.941. The van der Waals surface area contributed by atoms with Crippen LogP contribution in [0.5, 0.6) is 23.0 Å². The average molecular weight is 516 g/mol. The molecule has 9 nitrogen and oxygen atoms in total. The zero-order valence-electron chi connectivity index (χ0n) is 21.2. The summed E-state index contributed by atoms with van der Waals surface area (Å²) in [7, 11) is 2.87. The number of ketones is 3. The maximum atomic E-state index is 13.6. The smallest absolute Gasteiger partial charge is 0.259 e. The van der Waals surface area contributed by atoms with Gasteiger partial charge < -0.3 is 24.6 Å². The molecule has 1 aliphatic heterocycles. The van der Waals surface area contributed by atoms with Crippen LogP contribution in [0.1, 0.15) is 35.3 Å². The lowest BCUT2D eigenvalue weighted by molar-refractivity contribution is -0.140. The highest BCUT2D eigenvalue weighted by Gasteiger charge is 2.58. The number of hydrogen-bond acceptors (Lipinski definition) is 8. The van der Waals surface area contributed by atoms with E-state index in [4.69, 9.17) is 14.2 Å². The van der Waals surface area contributed by atoms with E-state index in [2.05, 4.69) is 5.32 Å². The van der Waals surface area contributed by atoms with Crippen molar-refractivity contribution in [3.05, 3.63) is 71.0 Å². The molecule has 0 saturated heterocycles. The molecule has 3 aromatic rings. The maximum absolute atomic E-state index is 13.6. The van der Waals surface area contributed by atoms with Gasteiger partial charge in [-0.15, -0.1) is 0 Å². The van der Waals surface area contributed by atoms with Crippen LogP contribution in [0.2, 0.25) is 0 Å². The van der Waals surface area contributed by atoms with E-state index < -0.39 is 34.6 Å². The molecule has 5 rings (SSSR count). The van der Waals surface area contributed by atoms with Crippen molar-refractivity contribution in [2.24, 2.45) is 5.92 Å². The van der Waals surface area contributed by atoms with Crippen molar-refractivity contribution in [2.75, 3.05) is 14.2 Å². The predicted molar refractivity (Wildman–Crippen MR) is 137 cm³/mol. The zero-order valence-corrected chi connectivity index (χ0v) is 21.2. The Balaban J connectivity index is 1.59. The number of hydrogen-bond donors (Lipinski definition) is 2. The topological polar surface area (TPSA) is 128 Å². The molecule has 194 valence electrons. The Bertz CT molecular complexity index is 1590. The number of phenolic OH excluding ortho intramolecular Hbond substituents is 1. The van der Waals surface area contributed by atoms with Crippen LogP contribution < -0.4 is 19.5 Å². The molecule has 0 saturated carbocycles. The van der Waals surface area contributed by atoms with Gasteiger partial charge in [0, 0.05) is 24.3 Å². The van der Waals surface area contributed by atoms with Crippen LogP contribution in [0, 0.1) is 5.92 Å².